The Labute approximate surface area is 85.6 Å². The molecule has 1 aromatic carbocycles. The van der Waals surface area contributed by atoms with Crippen LogP contribution in [0.4, 0.5) is 0 Å². The highest BCUT2D eigenvalue weighted by Crippen LogP contribution is 2.31. The summed E-state index contributed by atoms with van der Waals surface area (Å²) in [6, 6.07) is 5.48. The van der Waals surface area contributed by atoms with Gasteiger partial charge in [0, 0.05) is 16.6 Å². The monoisotopic (exact) mass is 245 g/mol. The van der Waals surface area contributed by atoms with Crippen LogP contribution in [0.5, 0.6) is 5.75 Å². The van der Waals surface area contributed by atoms with Crippen molar-refractivity contribution in [3.8, 4) is 5.75 Å². The Morgan fingerprint density at radius 2 is 2.31 bits per heavy atom. The second kappa shape index (κ2) is 4.60. The van der Waals surface area contributed by atoms with E-state index < -0.39 is 6.10 Å². The van der Waals surface area contributed by atoms with Crippen LogP contribution in [0.25, 0.3) is 0 Å². The number of nitrogens with two attached hydrogens (primary N) is 1. The third-order valence-electron chi connectivity index (χ3n) is 1.79. The highest BCUT2D eigenvalue weighted by molar-refractivity contribution is 9.10. The third-order valence-corrected chi connectivity index (χ3v) is 2.48. The van der Waals surface area contributed by atoms with E-state index in [2.05, 4.69) is 15.9 Å². The van der Waals surface area contributed by atoms with E-state index in [9.17, 15) is 5.11 Å². The number of aliphatic hydroxyl groups is 1. The first-order valence-electron chi connectivity index (χ1n) is 3.91. The second-order valence-corrected chi connectivity index (χ2v) is 3.46. The number of ether oxygens (including phenoxy) is 1. The average molecular weight is 246 g/mol. The predicted molar refractivity (Wildman–Crippen MR) is 54.7 cm³/mol. The van der Waals surface area contributed by atoms with E-state index in [1.807, 2.05) is 12.1 Å². The zero-order valence-corrected chi connectivity index (χ0v) is 8.91. The van der Waals surface area contributed by atoms with Crippen LogP contribution in [-0.2, 0) is 0 Å². The van der Waals surface area contributed by atoms with Crippen molar-refractivity contribution >= 4 is 15.9 Å². The molecule has 3 nitrogen and oxygen atoms in total. The molecule has 1 rings (SSSR count). The van der Waals surface area contributed by atoms with Crippen LogP contribution >= 0.6 is 15.9 Å². The fourth-order valence-electron chi connectivity index (χ4n) is 1.14. The zero-order chi connectivity index (χ0) is 9.84. The van der Waals surface area contributed by atoms with Crippen LogP contribution in [0.2, 0.25) is 0 Å². The molecule has 0 saturated carbocycles. The van der Waals surface area contributed by atoms with Gasteiger partial charge in [0.1, 0.15) is 5.75 Å². The smallest absolute Gasteiger partial charge is 0.125 e. The van der Waals surface area contributed by atoms with E-state index in [4.69, 9.17) is 10.5 Å². The summed E-state index contributed by atoms with van der Waals surface area (Å²) in [6.07, 6.45) is -0.689. The Kier molecular flexibility index (Phi) is 3.71. The minimum absolute atomic E-state index is 0.180. The fourth-order valence-corrected chi connectivity index (χ4v) is 1.75. The normalized spacial score (nSPS) is 12.6. The first kappa shape index (κ1) is 10.5. The molecular formula is C9H12BrNO2. The van der Waals surface area contributed by atoms with Gasteiger partial charge in [0.25, 0.3) is 0 Å². The highest BCUT2D eigenvalue weighted by Gasteiger charge is 2.14. The lowest BCUT2D eigenvalue weighted by atomic mass is 10.1. The van der Waals surface area contributed by atoms with E-state index in [0.717, 1.165) is 4.47 Å². The van der Waals surface area contributed by atoms with Gasteiger partial charge in [0.05, 0.1) is 13.2 Å². The molecule has 1 atom stereocenters. The van der Waals surface area contributed by atoms with Crippen molar-refractivity contribution in [1.29, 1.82) is 0 Å². The van der Waals surface area contributed by atoms with Crippen LogP contribution < -0.4 is 10.5 Å². The molecule has 0 amide bonds. The zero-order valence-electron chi connectivity index (χ0n) is 7.33. The molecule has 4 heteroatoms. The summed E-state index contributed by atoms with van der Waals surface area (Å²) < 4.78 is 5.91. The molecule has 13 heavy (non-hydrogen) atoms. The quantitative estimate of drug-likeness (QED) is 0.848. The van der Waals surface area contributed by atoms with Gasteiger partial charge in [-0.05, 0) is 12.1 Å². The molecule has 0 aliphatic rings. The molecule has 0 aliphatic carbocycles. The van der Waals surface area contributed by atoms with Gasteiger partial charge in [-0.1, -0.05) is 22.0 Å². The molecule has 0 aromatic heterocycles. The number of aliphatic hydroxyl groups excluding tert-OH is 1. The molecular weight excluding hydrogens is 234 g/mol. The van der Waals surface area contributed by atoms with Gasteiger partial charge in [-0.2, -0.15) is 0 Å². The van der Waals surface area contributed by atoms with Crippen molar-refractivity contribution in [3.63, 3.8) is 0 Å². The largest absolute Gasteiger partial charge is 0.496 e. The van der Waals surface area contributed by atoms with Gasteiger partial charge in [-0.3, -0.25) is 0 Å². The summed E-state index contributed by atoms with van der Waals surface area (Å²) in [4.78, 5) is 0. The molecule has 3 N–H and O–H groups in total. The second-order valence-electron chi connectivity index (χ2n) is 2.61. The SMILES string of the molecule is COc1cccc(Br)c1C(O)CN. The molecule has 0 aliphatic heterocycles. The summed E-state index contributed by atoms with van der Waals surface area (Å²) >= 11 is 3.33. The molecule has 0 saturated heterocycles. The van der Waals surface area contributed by atoms with Crippen LogP contribution in [-0.4, -0.2) is 18.8 Å². The molecule has 1 unspecified atom stereocenters. The average Bonchev–Trinajstić information content (AvgIpc) is 2.16. The number of rotatable bonds is 3. The van der Waals surface area contributed by atoms with Gasteiger partial charge < -0.3 is 15.6 Å². The van der Waals surface area contributed by atoms with Crippen LogP contribution in [0.1, 0.15) is 11.7 Å². The van der Waals surface area contributed by atoms with Gasteiger partial charge in [0.2, 0.25) is 0 Å². The third kappa shape index (κ3) is 2.21. The first-order valence-corrected chi connectivity index (χ1v) is 4.70. The van der Waals surface area contributed by atoms with Crippen molar-refractivity contribution in [2.24, 2.45) is 5.73 Å². The fraction of sp³-hybridized carbons (Fsp3) is 0.333. The molecule has 0 radical (unpaired) electrons. The van der Waals surface area contributed by atoms with E-state index in [1.54, 1.807) is 13.2 Å². The Morgan fingerprint density at radius 3 is 2.85 bits per heavy atom. The van der Waals surface area contributed by atoms with E-state index >= 15 is 0 Å². The summed E-state index contributed by atoms with van der Waals surface area (Å²) in [7, 11) is 1.56. The molecule has 72 valence electrons. The van der Waals surface area contributed by atoms with Crippen molar-refractivity contribution in [2.75, 3.05) is 13.7 Å². The number of hydrogen-bond acceptors (Lipinski definition) is 3. The maximum Gasteiger partial charge on any atom is 0.125 e. The van der Waals surface area contributed by atoms with Crippen LogP contribution in [0, 0.1) is 0 Å². The number of halogens is 1. The summed E-state index contributed by atoms with van der Waals surface area (Å²) in [5, 5.41) is 9.59. The van der Waals surface area contributed by atoms with Gasteiger partial charge >= 0.3 is 0 Å². The van der Waals surface area contributed by atoms with E-state index in [1.165, 1.54) is 0 Å². The Morgan fingerprint density at radius 1 is 1.62 bits per heavy atom. The molecule has 0 fully saturated rings. The van der Waals surface area contributed by atoms with Crippen molar-refractivity contribution in [3.05, 3.63) is 28.2 Å². The standard InChI is InChI=1S/C9H12BrNO2/c1-13-8-4-2-3-6(10)9(8)7(12)5-11/h2-4,7,12H,5,11H2,1H3. The first-order chi connectivity index (χ1) is 6.20. The van der Waals surface area contributed by atoms with Crippen LogP contribution in [0.3, 0.4) is 0 Å². The molecule has 0 heterocycles. The van der Waals surface area contributed by atoms with Crippen molar-refractivity contribution < 1.29 is 9.84 Å². The predicted octanol–water partition coefficient (Wildman–Crippen LogP) is 1.45. The number of methoxy groups -OCH3 is 1. The Balaban J connectivity index is 3.14. The van der Waals surface area contributed by atoms with Crippen LogP contribution in [0.15, 0.2) is 22.7 Å². The summed E-state index contributed by atoms with van der Waals surface area (Å²) in [5.74, 6) is 0.646. The lowest BCUT2D eigenvalue weighted by Gasteiger charge is -2.14. The van der Waals surface area contributed by atoms with Gasteiger partial charge in [0.15, 0.2) is 0 Å². The van der Waals surface area contributed by atoms with Gasteiger partial charge in [-0.15, -0.1) is 0 Å². The number of hydrogen-bond donors (Lipinski definition) is 2. The molecule has 1 aromatic rings. The Hall–Kier alpha value is -0.580. The highest BCUT2D eigenvalue weighted by atomic mass is 79.9. The maximum absolute atomic E-state index is 9.59. The minimum atomic E-state index is -0.689. The van der Waals surface area contributed by atoms with Gasteiger partial charge in [-0.25, -0.2) is 0 Å². The minimum Gasteiger partial charge on any atom is -0.496 e. The lowest BCUT2D eigenvalue weighted by molar-refractivity contribution is 0.181. The van der Waals surface area contributed by atoms with E-state index in [-0.39, 0.29) is 6.54 Å². The topological polar surface area (TPSA) is 55.5 Å². The maximum atomic E-state index is 9.59. The van der Waals surface area contributed by atoms with Crippen molar-refractivity contribution in [1.82, 2.24) is 0 Å². The molecule has 0 bridgehead atoms. The summed E-state index contributed by atoms with van der Waals surface area (Å²) in [5.41, 5.74) is 6.07. The summed E-state index contributed by atoms with van der Waals surface area (Å²) in [6.45, 7) is 0.180. The van der Waals surface area contributed by atoms with Crippen molar-refractivity contribution in [2.45, 2.75) is 6.10 Å². The molecule has 0 spiro atoms. The number of benzene rings is 1. The lowest BCUT2D eigenvalue weighted by Crippen LogP contribution is -2.13. The Bertz CT molecular complexity index is 291. The van der Waals surface area contributed by atoms with E-state index in [0.29, 0.717) is 11.3 Å².